The molecule has 22 heavy (non-hydrogen) atoms. The molecule has 0 heterocycles. The van der Waals surface area contributed by atoms with Crippen LogP contribution < -0.4 is 0 Å². The molecule has 0 spiro atoms. The fourth-order valence-electron chi connectivity index (χ4n) is 2.67. The van der Waals surface area contributed by atoms with Crippen LogP contribution in [0.25, 0.3) is 0 Å². The predicted octanol–water partition coefficient (Wildman–Crippen LogP) is 6.44. The highest BCUT2D eigenvalue weighted by Gasteiger charge is 2.02. The molecule has 0 saturated heterocycles. The van der Waals surface area contributed by atoms with E-state index >= 15 is 0 Å². The van der Waals surface area contributed by atoms with E-state index < -0.39 is 0 Å². The molecule has 1 unspecified atom stereocenters. The smallest absolute Gasteiger partial charge is 0.305 e. The van der Waals surface area contributed by atoms with Crippen molar-refractivity contribution in [3.05, 3.63) is 12.2 Å². The van der Waals surface area contributed by atoms with Crippen LogP contribution in [-0.2, 0) is 9.53 Å². The summed E-state index contributed by atoms with van der Waals surface area (Å²) in [6.45, 7) is 4.63. The molecule has 0 fully saturated rings. The van der Waals surface area contributed by atoms with Gasteiger partial charge < -0.3 is 4.74 Å². The topological polar surface area (TPSA) is 26.3 Å². The fourth-order valence-corrected chi connectivity index (χ4v) is 2.67. The number of unbranched alkanes of at least 4 members (excludes halogenated alkanes) is 7. The van der Waals surface area contributed by atoms with Crippen LogP contribution >= 0.6 is 0 Å². The first kappa shape index (κ1) is 21.2. The van der Waals surface area contributed by atoms with Crippen molar-refractivity contribution in [2.45, 2.75) is 97.3 Å². The molecule has 2 nitrogen and oxygen atoms in total. The third kappa shape index (κ3) is 15.6. The summed E-state index contributed by atoms with van der Waals surface area (Å²) in [7, 11) is 1.46. The van der Waals surface area contributed by atoms with Gasteiger partial charge in [-0.15, -0.1) is 0 Å². The van der Waals surface area contributed by atoms with Gasteiger partial charge in [0.2, 0.25) is 0 Å². The van der Waals surface area contributed by atoms with Crippen molar-refractivity contribution in [3.8, 4) is 0 Å². The number of hydrogen-bond acceptors (Lipinski definition) is 2. The minimum atomic E-state index is -0.0728. The highest BCUT2D eigenvalue weighted by atomic mass is 16.5. The molecule has 130 valence electrons. The first-order chi connectivity index (χ1) is 10.7. The molecule has 0 aliphatic heterocycles. The van der Waals surface area contributed by atoms with Crippen LogP contribution in [0.4, 0.5) is 0 Å². The van der Waals surface area contributed by atoms with Gasteiger partial charge in [-0.3, -0.25) is 4.79 Å². The Hall–Kier alpha value is -0.790. The minimum Gasteiger partial charge on any atom is -0.469 e. The quantitative estimate of drug-likeness (QED) is 0.197. The Kier molecular flexibility index (Phi) is 16.0. The van der Waals surface area contributed by atoms with Gasteiger partial charge in [-0.1, -0.05) is 70.9 Å². The first-order valence-corrected chi connectivity index (χ1v) is 9.42. The second-order valence-electron chi connectivity index (χ2n) is 6.53. The van der Waals surface area contributed by atoms with Crippen molar-refractivity contribution in [3.63, 3.8) is 0 Å². The number of rotatable bonds is 15. The summed E-state index contributed by atoms with van der Waals surface area (Å²) in [6, 6.07) is 0. The predicted molar refractivity (Wildman–Crippen MR) is 96.0 cm³/mol. The van der Waals surface area contributed by atoms with Crippen LogP contribution in [-0.4, -0.2) is 13.1 Å². The summed E-state index contributed by atoms with van der Waals surface area (Å²) >= 11 is 0. The number of hydrogen-bond donors (Lipinski definition) is 0. The second kappa shape index (κ2) is 16.6. The van der Waals surface area contributed by atoms with E-state index in [4.69, 9.17) is 0 Å². The lowest BCUT2D eigenvalue weighted by Crippen LogP contribution is -1.99. The maximum Gasteiger partial charge on any atom is 0.305 e. The summed E-state index contributed by atoms with van der Waals surface area (Å²) < 4.78 is 4.64. The molecular formula is C20H38O2. The summed E-state index contributed by atoms with van der Waals surface area (Å²) in [5.41, 5.74) is 0. The van der Waals surface area contributed by atoms with E-state index in [1.54, 1.807) is 0 Å². The SMILES string of the molecule is CCCCC/C=C/CCC(C)CCCCCCCC(=O)OC. The van der Waals surface area contributed by atoms with Gasteiger partial charge in [0.15, 0.2) is 0 Å². The molecule has 0 aromatic heterocycles. The summed E-state index contributed by atoms with van der Waals surface area (Å²) in [6.07, 6.45) is 20.5. The number of esters is 1. The average Bonchev–Trinajstić information content (AvgIpc) is 2.52. The number of methoxy groups -OCH3 is 1. The van der Waals surface area contributed by atoms with E-state index in [-0.39, 0.29) is 5.97 Å². The second-order valence-corrected chi connectivity index (χ2v) is 6.53. The van der Waals surface area contributed by atoms with Crippen molar-refractivity contribution >= 4 is 5.97 Å². The van der Waals surface area contributed by atoms with E-state index in [0.717, 1.165) is 18.8 Å². The van der Waals surface area contributed by atoms with Crippen LogP contribution in [0.2, 0.25) is 0 Å². The molecule has 0 aromatic rings. The Morgan fingerprint density at radius 1 is 0.909 bits per heavy atom. The van der Waals surface area contributed by atoms with Crippen molar-refractivity contribution < 1.29 is 9.53 Å². The van der Waals surface area contributed by atoms with E-state index in [1.807, 2.05) is 0 Å². The van der Waals surface area contributed by atoms with Gasteiger partial charge >= 0.3 is 5.97 Å². The molecule has 0 saturated carbocycles. The zero-order valence-electron chi connectivity index (χ0n) is 15.2. The highest BCUT2D eigenvalue weighted by molar-refractivity contribution is 5.68. The lowest BCUT2D eigenvalue weighted by Gasteiger charge is -2.09. The molecule has 0 rings (SSSR count). The zero-order chi connectivity index (χ0) is 16.5. The monoisotopic (exact) mass is 310 g/mol. The summed E-state index contributed by atoms with van der Waals surface area (Å²) in [5.74, 6) is 0.770. The van der Waals surface area contributed by atoms with Gasteiger partial charge in [-0.25, -0.2) is 0 Å². The average molecular weight is 311 g/mol. The van der Waals surface area contributed by atoms with Crippen LogP contribution in [0.3, 0.4) is 0 Å². The Balaban J connectivity index is 3.28. The molecular weight excluding hydrogens is 272 g/mol. The molecule has 0 N–H and O–H groups in total. The molecule has 0 aromatic carbocycles. The van der Waals surface area contributed by atoms with Gasteiger partial charge in [0.25, 0.3) is 0 Å². The summed E-state index contributed by atoms with van der Waals surface area (Å²) in [4.78, 5) is 11.0. The van der Waals surface area contributed by atoms with Gasteiger partial charge in [0.1, 0.15) is 0 Å². The number of carbonyl (C=O) groups excluding carboxylic acids is 1. The molecule has 0 radical (unpaired) electrons. The Morgan fingerprint density at radius 3 is 2.32 bits per heavy atom. The Labute approximate surface area is 138 Å². The molecule has 0 bridgehead atoms. The standard InChI is InChI=1S/C20H38O2/c1-4-5-6-7-8-10-13-16-19(2)17-14-11-9-12-15-18-20(21)22-3/h8,10,19H,4-7,9,11-18H2,1-3H3/b10-8+. The minimum absolute atomic E-state index is 0.0728. The lowest BCUT2D eigenvalue weighted by molar-refractivity contribution is -0.140. The van der Waals surface area contributed by atoms with Gasteiger partial charge in [-0.05, 0) is 38.0 Å². The number of ether oxygens (including phenoxy) is 1. The molecule has 0 aliphatic carbocycles. The van der Waals surface area contributed by atoms with Crippen molar-refractivity contribution in [2.24, 2.45) is 5.92 Å². The third-order valence-electron chi connectivity index (χ3n) is 4.27. The van der Waals surface area contributed by atoms with E-state index in [9.17, 15) is 4.79 Å². The van der Waals surface area contributed by atoms with Crippen molar-refractivity contribution in [1.29, 1.82) is 0 Å². The molecule has 0 aliphatic rings. The molecule has 0 amide bonds. The maximum absolute atomic E-state index is 11.0. The van der Waals surface area contributed by atoms with Crippen LogP contribution in [0.15, 0.2) is 12.2 Å². The number of allylic oxidation sites excluding steroid dienone is 2. The fraction of sp³-hybridized carbons (Fsp3) is 0.850. The van der Waals surface area contributed by atoms with Crippen molar-refractivity contribution in [1.82, 2.24) is 0 Å². The van der Waals surface area contributed by atoms with E-state index in [1.165, 1.54) is 71.3 Å². The summed E-state index contributed by atoms with van der Waals surface area (Å²) in [5, 5.41) is 0. The lowest BCUT2D eigenvalue weighted by atomic mass is 9.97. The zero-order valence-corrected chi connectivity index (χ0v) is 15.2. The Bertz CT molecular complexity index is 271. The van der Waals surface area contributed by atoms with Crippen molar-refractivity contribution in [2.75, 3.05) is 7.11 Å². The molecule has 1 atom stereocenters. The van der Waals surface area contributed by atoms with Crippen LogP contribution in [0.5, 0.6) is 0 Å². The molecule has 2 heteroatoms. The van der Waals surface area contributed by atoms with Crippen LogP contribution in [0.1, 0.15) is 97.3 Å². The third-order valence-corrected chi connectivity index (χ3v) is 4.27. The maximum atomic E-state index is 11.0. The highest BCUT2D eigenvalue weighted by Crippen LogP contribution is 2.16. The largest absolute Gasteiger partial charge is 0.469 e. The van der Waals surface area contributed by atoms with Gasteiger partial charge in [-0.2, -0.15) is 0 Å². The van der Waals surface area contributed by atoms with E-state index in [2.05, 4.69) is 30.7 Å². The Morgan fingerprint density at radius 2 is 1.59 bits per heavy atom. The van der Waals surface area contributed by atoms with Crippen LogP contribution in [0, 0.1) is 5.92 Å². The number of carbonyl (C=O) groups is 1. The van der Waals surface area contributed by atoms with E-state index in [0.29, 0.717) is 6.42 Å². The normalized spacial score (nSPS) is 12.7. The van der Waals surface area contributed by atoms with Gasteiger partial charge in [0.05, 0.1) is 7.11 Å². The van der Waals surface area contributed by atoms with Gasteiger partial charge in [0, 0.05) is 6.42 Å². The first-order valence-electron chi connectivity index (χ1n) is 9.42.